The van der Waals surface area contributed by atoms with Crippen molar-refractivity contribution in [3.05, 3.63) is 24.3 Å². The summed E-state index contributed by atoms with van der Waals surface area (Å²) in [6.07, 6.45) is 67.6. The quantitative estimate of drug-likeness (QED) is 0.0321. The highest BCUT2D eigenvalue weighted by Crippen LogP contribution is 2.17. The van der Waals surface area contributed by atoms with Crippen molar-refractivity contribution in [2.45, 2.75) is 334 Å². The number of esters is 1. The summed E-state index contributed by atoms with van der Waals surface area (Å²) in [5.41, 5.74) is 0. The predicted molar refractivity (Wildman–Crippen MR) is 287 cm³/mol. The van der Waals surface area contributed by atoms with Crippen LogP contribution in [0.2, 0.25) is 0 Å². The van der Waals surface area contributed by atoms with Crippen LogP contribution in [0.1, 0.15) is 322 Å². The fraction of sp³-hybridized carbons (Fsp3) is 0.900. The molecule has 2 unspecified atom stereocenters. The van der Waals surface area contributed by atoms with Crippen molar-refractivity contribution in [1.29, 1.82) is 0 Å². The molecule has 0 aromatic rings. The Balaban J connectivity index is 3.37. The first-order chi connectivity index (χ1) is 32.5. The SMILES string of the molecule is CCCCC/C=C\CCCCCCCC(=O)OCCCCCCCCCCCCCC/C=C\CCCCCCCCCCCCC(=O)NC(CO)C(O)CCCCCCCCCCCCC. The number of aliphatic hydroxyl groups is 2. The molecule has 0 aliphatic carbocycles. The van der Waals surface area contributed by atoms with E-state index in [0.717, 1.165) is 44.9 Å². The van der Waals surface area contributed by atoms with Crippen LogP contribution < -0.4 is 5.32 Å². The molecule has 0 bridgehead atoms. The predicted octanol–water partition coefficient (Wildman–Crippen LogP) is 18.2. The van der Waals surface area contributed by atoms with Gasteiger partial charge in [0.1, 0.15) is 0 Å². The number of carbonyl (C=O) groups excluding carboxylic acids is 2. The van der Waals surface area contributed by atoms with Gasteiger partial charge in [0.25, 0.3) is 0 Å². The summed E-state index contributed by atoms with van der Waals surface area (Å²) in [5, 5.41) is 23.2. The van der Waals surface area contributed by atoms with E-state index >= 15 is 0 Å². The maximum atomic E-state index is 12.4. The number of carbonyl (C=O) groups is 2. The first-order valence-electron chi connectivity index (χ1n) is 29.6. The second-order valence-electron chi connectivity index (χ2n) is 20.3. The molecular weight excluding hydrogens is 815 g/mol. The first kappa shape index (κ1) is 64.3. The summed E-state index contributed by atoms with van der Waals surface area (Å²) in [4.78, 5) is 24.4. The van der Waals surface area contributed by atoms with Crippen molar-refractivity contribution >= 4 is 11.9 Å². The van der Waals surface area contributed by atoms with Crippen LogP contribution in [0.25, 0.3) is 0 Å². The maximum absolute atomic E-state index is 12.4. The molecule has 0 saturated carbocycles. The largest absolute Gasteiger partial charge is 0.466 e. The van der Waals surface area contributed by atoms with Gasteiger partial charge in [-0.15, -0.1) is 0 Å². The van der Waals surface area contributed by atoms with Gasteiger partial charge in [-0.1, -0.05) is 256 Å². The Bertz CT molecular complexity index is 1030. The smallest absolute Gasteiger partial charge is 0.305 e. The Morgan fingerprint density at radius 1 is 0.409 bits per heavy atom. The number of allylic oxidation sites excluding steroid dienone is 4. The average molecular weight is 931 g/mol. The van der Waals surface area contributed by atoms with Gasteiger partial charge < -0.3 is 20.3 Å². The molecule has 2 atom stereocenters. The molecular formula is C60H115NO5. The average Bonchev–Trinajstić information content (AvgIpc) is 3.32. The number of ether oxygens (including phenoxy) is 1. The van der Waals surface area contributed by atoms with E-state index in [1.165, 1.54) is 244 Å². The molecule has 0 aromatic heterocycles. The fourth-order valence-corrected chi connectivity index (χ4v) is 9.16. The highest BCUT2D eigenvalue weighted by atomic mass is 16.5. The zero-order chi connectivity index (χ0) is 47.9. The molecule has 3 N–H and O–H groups in total. The lowest BCUT2D eigenvalue weighted by Gasteiger charge is -2.22. The van der Waals surface area contributed by atoms with Crippen LogP contribution in [0.4, 0.5) is 0 Å². The summed E-state index contributed by atoms with van der Waals surface area (Å²) < 4.78 is 5.46. The van der Waals surface area contributed by atoms with E-state index in [1.807, 2.05) is 0 Å². The Labute approximate surface area is 411 Å². The van der Waals surface area contributed by atoms with Crippen molar-refractivity contribution in [3.8, 4) is 0 Å². The van der Waals surface area contributed by atoms with Crippen LogP contribution in [0.15, 0.2) is 24.3 Å². The van der Waals surface area contributed by atoms with Crippen LogP contribution in [0.3, 0.4) is 0 Å². The van der Waals surface area contributed by atoms with Gasteiger partial charge in [0.2, 0.25) is 5.91 Å². The molecule has 6 nitrogen and oxygen atoms in total. The lowest BCUT2D eigenvalue weighted by Crippen LogP contribution is -2.45. The normalized spacial score (nSPS) is 12.7. The molecule has 0 rings (SSSR count). The van der Waals surface area contributed by atoms with E-state index in [-0.39, 0.29) is 18.5 Å². The van der Waals surface area contributed by atoms with Crippen molar-refractivity contribution < 1.29 is 24.5 Å². The summed E-state index contributed by atoms with van der Waals surface area (Å²) in [6.45, 7) is 4.93. The summed E-state index contributed by atoms with van der Waals surface area (Å²) in [5.74, 6) is -0.0330. The van der Waals surface area contributed by atoms with Crippen LogP contribution in [-0.2, 0) is 14.3 Å². The van der Waals surface area contributed by atoms with Gasteiger partial charge >= 0.3 is 5.97 Å². The molecule has 0 heterocycles. The molecule has 0 aromatic carbocycles. The summed E-state index contributed by atoms with van der Waals surface area (Å²) >= 11 is 0. The standard InChI is InChI=1S/C60H115NO5/c1-3-5-7-9-11-13-15-34-38-42-46-50-54-60(65)66-55-51-47-43-39-35-31-29-27-25-23-21-19-17-16-18-20-22-24-26-28-30-33-37-41-45-49-53-59(64)61-57(56-62)58(63)52-48-44-40-36-32-14-12-10-8-6-4-2/h11,13,16,18,57-58,62-63H,3-10,12,14-15,17,19-56H2,1-2H3,(H,61,64)/b13-11-,18-16-. The molecule has 390 valence electrons. The Hall–Kier alpha value is -1.66. The lowest BCUT2D eigenvalue weighted by atomic mass is 10.0. The molecule has 0 saturated heterocycles. The number of unbranched alkanes of at least 4 members (excludes halogenated alkanes) is 40. The molecule has 0 aliphatic heterocycles. The number of rotatable bonds is 55. The molecule has 0 aliphatic rings. The van der Waals surface area contributed by atoms with Crippen LogP contribution in [0, 0.1) is 0 Å². The maximum Gasteiger partial charge on any atom is 0.305 e. The third-order valence-electron chi connectivity index (χ3n) is 13.7. The molecule has 0 spiro atoms. The molecule has 6 heteroatoms. The minimum Gasteiger partial charge on any atom is -0.466 e. The van der Waals surface area contributed by atoms with Crippen LogP contribution in [-0.4, -0.2) is 47.4 Å². The molecule has 1 amide bonds. The van der Waals surface area contributed by atoms with Crippen molar-refractivity contribution in [3.63, 3.8) is 0 Å². The zero-order valence-electron chi connectivity index (χ0n) is 44.4. The van der Waals surface area contributed by atoms with E-state index < -0.39 is 12.1 Å². The number of hydrogen-bond donors (Lipinski definition) is 3. The zero-order valence-corrected chi connectivity index (χ0v) is 44.4. The van der Waals surface area contributed by atoms with Crippen LogP contribution >= 0.6 is 0 Å². The van der Waals surface area contributed by atoms with Gasteiger partial charge in [0.05, 0.1) is 25.4 Å². The van der Waals surface area contributed by atoms with Gasteiger partial charge in [-0.2, -0.15) is 0 Å². The van der Waals surface area contributed by atoms with Gasteiger partial charge in [-0.3, -0.25) is 9.59 Å². The van der Waals surface area contributed by atoms with Crippen molar-refractivity contribution in [1.82, 2.24) is 5.32 Å². The van der Waals surface area contributed by atoms with Crippen LogP contribution in [0.5, 0.6) is 0 Å². The van der Waals surface area contributed by atoms with E-state index in [0.29, 0.717) is 25.9 Å². The number of nitrogens with one attached hydrogen (secondary N) is 1. The summed E-state index contributed by atoms with van der Waals surface area (Å²) in [7, 11) is 0. The second kappa shape index (κ2) is 55.9. The Morgan fingerprint density at radius 2 is 0.712 bits per heavy atom. The number of amides is 1. The highest BCUT2D eigenvalue weighted by Gasteiger charge is 2.20. The monoisotopic (exact) mass is 930 g/mol. The number of hydrogen-bond acceptors (Lipinski definition) is 5. The van der Waals surface area contributed by atoms with E-state index in [9.17, 15) is 19.8 Å². The fourth-order valence-electron chi connectivity index (χ4n) is 9.16. The van der Waals surface area contributed by atoms with E-state index in [2.05, 4.69) is 43.5 Å². The second-order valence-corrected chi connectivity index (χ2v) is 20.3. The third kappa shape index (κ3) is 51.7. The Morgan fingerprint density at radius 3 is 1.11 bits per heavy atom. The molecule has 0 radical (unpaired) electrons. The van der Waals surface area contributed by atoms with Crippen molar-refractivity contribution in [2.24, 2.45) is 0 Å². The lowest BCUT2D eigenvalue weighted by molar-refractivity contribution is -0.143. The molecule has 0 fully saturated rings. The van der Waals surface area contributed by atoms with Gasteiger partial charge in [-0.05, 0) is 77.0 Å². The first-order valence-corrected chi connectivity index (χ1v) is 29.6. The van der Waals surface area contributed by atoms with E-state index in [4.69, 9.17) is 4.74 Å². The van der Waals surface area contributed by atoms with Crippen molar-refractivity contribution in [2.75, 3.05) is 13.2 Å². The topological polar surface area (TPSA) is 95.9 Å². The highest BCUT2D eigenvalue weighted by molar-refractivity contribution is 5.76. The van der Waals surface area contributed by atoms with Gasteiger partial charge in [0, 0.05) is 12.8 Å². The summed E-state index contributed by atoms with van der Waals surface area (Å²) in [6, 6.07) is -0.541. The van der Waals surface area contributed by atoms with Gasteiger partial charge in [0.15, 0.2) is 0 Å². The third-order valence-corrected chi connectivity index (χ3v) is 13.7. The van der Waals surface area contributed by atoms with Gasteiger partial charge in [-0.25, -0.2) is 0 Å². The van der Waals surface area contributed by atoms with E-state index in [1.54, 1.807) is 0 Å². The Kier molecular flexibility index (Phi) is 54.5. The minimum absolute atomic E-state index is 0.00417. The molecule has 66 heavy (non-hydrogen) atoms. The number of aliphatic hydroxyl groups excluding tert-OH is 2. The minimum atomic E-state index is -0.663.